The summed E-state index contributed by atoms with van der Waals surface area (Å²) in [6.07, 6.45) is 1.23. The van der Waals surface area contributed by atoms with Crippen LogP contribution < -0.4 is 14.8 Å². The predicted octanol–water partition coefficient (Wildman–Crippen LogP) is 4.55. The first-order valence-electron chi connectivity index (χ1n) is 11.9. The van der Waals surface area contributed by atoms with E-state index in [1.54, 1.807) is 36.3 Å². The van der Waals surface area contributed by atoms with Gasteiger partial charge in [-0.1, -0.05) is 67.1 Å². The zero-order valence-electron chi connectivity index (χ0n) is 20.7. The first kappa shape index (κ1) is 25.8. The SMILES string of the molecule is CCCNC(=O)[C@@H](Cc1ccccc1)N(Cc1cccc(C)c1)C(=O)COc1ccc(OC)cc1. The second kappa shape index (κ2) is 13.2. The zero-order chi connectivity index (χ0) is 25.0. The van der Waals surface area contributed by atoms with Crippen molar-refractivity contribution in [3.8, 4) is 11.5 Å². The van der Waals surface area contributed by atoms with E-state index in [1.165, 1.54) is 0 Å². The summed E-state index contributed by atoms with van der Waals surface area (Å²) in [5.74, 6) is 0.848. The van der Waals surface area contributed by atoms with Gasteiger partial charge in [0.15, 0.2) is 6.61 Å². The van der Waals surface area contributed by atoms with Crippen molar-refractivity contribution in [3.05, 3.63) is 95.6 Å². The fourth-order valence-electron chi connectivity index (χ4n) is 3.83. The van der Waals surface area contributed by atoms with Crippen molar-refractivity contribution >= 4 is 11.8 Å². The molecule has 0 aromatic heterocycles. The van der Waals surface area contributed by atoms with Gasteiger partial charge in [-0.15, -0.1) is 0 Å². The van der Waals surface area contributed by atoms with Crippen LogP contribution in [0.25, 0.3) is 0 Å². The van der Waals surface area contributed by atoms with Crippen molar-refractivity contribution in [3.63, 3.8) is 0 Å². The molecule has 184 valence electrons. The Balaban J connectivity index is 1.87. The number of ether oxygens (including phenoxy) is 2. The Hall–Kier alpha value is -3.80. The van der Waals surface area contributed by atoms with E-state index in [0.717, 1.165) is 23.1 Å². The van der Waals surface area contributed by atoms with Crippen molar-refractivity contribution < 1.29 is 19.1 Å². The molecule has 0 heterocycles. The molecule has 0 fully saturated rings. The third-order valence-corrected chi connectivity index (χ3v) is 5.68. The number of carbonyl (C=O) groups excluding carboxylic acids is 2. The van der Waals surface area contributed by atoms with E-state index >= 15 is 0 Å². The Morgan fingerprint density at radius 1 is 0.914 bits per heavy atom. The molecule has 0 saturated carbocycles. The number of nitrogens with one attached hydrogen (secondary N) is 1. The second-order valence-corrected chi connectivity index (χ2v) is 8.47. The lowest BCUT2D eigenvalue weighted by atomic mass is 10.0. The quantitative estimate of drug-likeness (QED) is 0.418. The smallest absolute Gasteiger partial charge is 0.261 e. The van der Waals surface area contributed by atoms with Crippen LogP contribution in [0.2, 0.25) is 0 Å². The van der Waals surface area contributed by atoms with Crippen LogP contribution in [0.4, 0.5) is 0 Å². The highest BCUT2D eigenvalue weighted by Gasteiger charge is 2.30. The van der Waals surface area contributed by atoms with Crippen molar-refractivity contribution in [1.29, 1.82) is 0 Å². The third-order valence-electron chi connectivity index (χ3n) is 5.68. The fraction of sp³-hybridized carbons (Fsp3) is 0.310. The number of hydrogen-bond donors (Lipinski definition) is 1. The lowest BCUT2D eigenvalue weighted by Gasteiger charge is -2.31. The molecule has 0 aliphatic heterocycles. The fourth-order valence-corrected chi connectivity index (χ4v) is 3.83. The van der Waals surface area contributed by atoms with Crippen LogP contribution in [-0.2, 0) is 22.6 Å². The highest BCUT2D eigenvalue weighted by atomic mass is 16.5. The maximum atomic E-state index is 13.5. The van der Waals surface area contributed by atoms with Crippen LogP contribution in [0.1, 0.15) is 30.0 Å². The maximum Gasteiger partial charge on any atom is 0.261 e. The van der Waals surface area contributed by atoms with Gasteiger partial charge in [-0.25, -0.2) is 0 Å². The molecule has 3 aromatic carbocycles. The molecule has 3 aromatic rings. The lowest BCUT2D eigenvalue weighted by Crippen LogP contribution is -2.51. The standard InChI is InChI=1S/C29H34N2O4/c1-4-17-30-29(33)27(19-23-10-6-5-7-11-23)31(20-24-12-8-9-22(2)18-24)28(32)21-35-26-15-13-25(34-3)14-16-26/h5-16,18,27H,4,17,19-21H2,1-3H3,(H,30,33)/t27-/m1/s1. The lowest BCUT2D eigenvalue weighted by molar-refractivity contribution is -0.142. The Kier molecular flexibility index (Phi) is 9.72. The predicted molar refractivity (Wildman–Crippen MR) is 137 cm³/mol. The molecule has 0 saturated heterocycles. The minimum Gasteiger partial charge on any atom is -0.497 e. The summed E-state index contributed by atoms with van der Waals surface area (Å²) in [4.78, 5) is 28.5. The molecule has 0 aliphatic carbocycles. The van der Waals surface area contributed by atoms with Gasteiger partial charge < -0.3 is 19.7 Å². The van der Waals surface area contributed by atoms with Crippen LogP contribution in [0.3, 0.4) is 0 Å². The van der Waals surface area contributed by atoms with Gasteiger partial charge in [0.05, 0.1) is 7.11 Å². The monoisotopic (exact) mass is 474 g/mol. The summed E-state index contributed by atoms with van der Waals surface area (Å²) < 4.78 is 11.0. The van der Waals surface area contributed by atoms with Gasteiger partial charge in [0.25, 0.3) is 5.91 Å². The van der Waals surface area contributed by atoms with Crippen LogP contribution >= 0.6 is 0 Å². The highest BCUT2D eigenvalue weighted by Crippen LogP contribution is 2.19. The summed E-state index contributed by atoms with van der Waals surface area (Å²) in [7, 11) is 1.60. The van der Waals surface area contributed by atoms with Gasteiger partial charge in [0, 0.05) is 19.5 Å². The number of benzene rings is 3. The van der Waals surface area contributed by atoms with Crippen LogP contribution in [-0.4, -0.2) is 43.0 Å². The molecule has 0 aliphatic rings. The first-order valence-corrected chi connectivity index (χ1v) is 11.9. The first-order chi connectivity index (χ1) is 17.0. The van der Waals surface area contributed by atoms with E-state index in [9.17, 15) is 9.59 Å². The molecule has 6 nitrogen and oxygen atoms in total. The minimum absolute atomic E-state index is 0.166. The van der Waals surface area contributed by atoms with E-state index < -0.39 is 6.04 Å². The Morgan fingerprint density at radius 3 is 2.26 bits per heavy atom. The van der Waals surface area contributed by atoms with Gasteiger partial charge >= 0.3 is 0 Å². The van der Waals surface area contributed by atoms with Gasteiger partial charge in [-0.05, 0) is 48.7 Å². The van der Waals surface area contributed by atoms with E-state index in [0.29, 0.717) is 31.0 Å². The summed E-state index contributed by atoms with van der Waals surface area (Å²) in [5.41, 5.74) is 3.05. The Morgan fingerprint density at radius 2 is 1.60 bits per heavy atom. The summed E-state index contributed by atoms with van der Waals surface area (Å²) in [6.45, 7) is 4.70. The number of amides is 2. The molecule has 2 amide bonds. The number of aryl methyl sites for hydroxylation is 1. The number of rotatable bonds is 12. The minimum atomic E-state index is -0.670. The molecule has 6 heteroatoms. The second-order valence-electron chi connectivity index (χ2n) is 8.47. The number of carbonyl (C=O) groups is 2. The number of methoxy groups -OCH3 is 1. The zero-order valence-corrected chi connectivity index (χ0v) is 20.7. The van der Waals surface area contributed by atoms with E-state index in [-0.39, 0.29) is 18.4 Å². The molecule has 0 unspecified atom stereocenters. The molecule has 0 bridgehead atoms. The molecule has 0 spiro atoms. The van der Waals surface area contributed by atoms with E-state index in [4.69, 9.17) is 9.47 Å². The molecule has 3 rings (SSSR count). The van der Waals surface area contributed by atoms with Crippen LogP contribution in [0, 0.1) is 6.92 Å². The highest BCUT2D eigenvalue weighted by molar-refractivity contribution is 5.88. The van der Waals surface area contributed by atoms with Crippen molar-refractivity contribution in [2.45, 2.75) is 39.3 Å². The van der Waals surface area contributed by atoms with Crippen LogP contribution in [0.5, 0.6) is 11.5 Å². The van der Waals surface area contributed by atoms with Gasteiger partial charge in [0.2, 0.25) is 5.91 Å². The summed E-state index contributed by atoms with van der Waals surface area (Å²) in [5, 5.41) is 2.98. The summed E-state index contributed by atoms with van der Waals surface area (Å²) >= 11 is 0. The van der Waals surface area contributed by atoms with E-state index in [2.05, 4.69) is 5.32 Å². The van der Waals surface area contributed by atoms with Crippen LogP contribution in [0.15, 0.2) is 78.9 Å². The molecule has 1 N–H and O–H groups in total. The van der Waals surface area contributed by atoms with E-state index in [1.807, 2.05) is 68.4 Å². The molecular weight excluding hydrogens is 440 g/mol. The molecule has 35 heavy (non-hydrogen) atoms. The molecular formula is C29H34N2O4. The van der Waals surface area contributed by atoms with Crippen molar-refractivity contribution in [1.82, 2.24) is 10.2 Å². The number of hydrogen-bond acceptors (Lipinski definition) is 4. The topological polar surface area (TPSA) is 67.9 Å². The normalized spacial score (nSPS) is 11.4. The average Bonchev–Trinajstić information content (AvgIpc) is 2.88. The average molecular weight is 475 g/mol. The van der Waals surface area contributed by atoms with Gasteiger partial charge in [-0.2, -0.15) is 0 Å². The Bertz CT molecular complexity index is 1080. The maximum absolute atomic E-state index is 13.5. The van der Waals surface area contributed by atoms with Crippen molar-refractivity contribution in [2.24, 2.45) is 0 Å². The molecule has 1 atom stereocenters. The third kappa shape index (κ3) is 7.88. The Labute approximate surface area is 207 Å². The molecule has 0 radical (unpaired) electrons. The number of nitrogens with zero attached hydrogens (tertiary/aromatic N) is 1. The van der Waals surface area contributed by atoms with Gasteiger partial charge in [-0.3, -0.25) is 9.59 Å². The largest absolute Gasteiger partial charge is 0.497 e. The van der Waals surface area contributed by atoms with Crippen molar-refractivity contribution in [2.75, 3.05) is 20.3 Å². The van der Waals surface area contributed by atoms with Gasteiger partial charge in [0.1, 0.15) is 17.5 Å². The summed E-state index contributed by atoms with van der Waals surface area (Å²) in [6, 6.07) is 24.2.